The molecular formula is C17H23NO9Se. The van der Waals surface area contributed by atoms with Crippen LogP contribution in [0, 0.1) is 11.3 Å². The Morgan fingerprint density at radius 2 is 1.43 bits per heavy atom. The van der Waals surface area contributed by atoms with Crippen molar-refractivity contribution in [2.24, 2.45) is 0 Å². The predicted molar refractivity (Wildman–Crippen MR) is 92.7 cm³/mol. The van der Waals surface area contributed by atoms with Gasteiger partial charge in [-0.15, -0.1) is 0 Å². The van der Waals surface area contributed by atoms with Gasteiger partial charge in [-0.1, -0.05) is 0 Å². The second-order valence-corrected chi connectivity index (χ2v) is 8.38. The normalized spacial score (nSPS) is 26.5. The molecule has 1 aliphatic heterocycles. The van der Waals surface area contributed by atoms with Crippen LogP contribution in [0.2, 0.25) is 5.32 Å². The molecule has 0 spiro atoms. The van der Waals surface area contributed by atoms with Crippen molar-refractivity contribution in [1.82, 2.24) is 0 Å². The van der Waals surface area contributed by atoms with Gasteiger partial charge in [0.1, 0.15) is 0 Å². The molecule has 28 heavy (non-hydrogen) atoms. The van der Waals surface area contributed by atoms with E-state index in [4.69, 9.17) is 28.9 Å². The summed E-state index contributed by atoms with van der Waals surface area (Å²) < 4.78 is 26.8. The van der Waals surface area contributed by atoms with Gasteiger partial charge in [0, 0.05) is 0 Å². The maximum atomic E-state index is 11.6. The van der Waals surface area contributed by atoms with Crippen LogP contribution in [0.3, 0.4) is 0 Å². The molecule has 0 aliphatic carbocycles. The third kappa shape index (κ3) is 7.84. The minimum atomic E-state index is -1.15. The van der Waals surface area contributed by atoms with E-state index in [0.717, 1.165) is 6.92 Å². The number of esters is 4. The molecule has 156 valence electrons. The molecule has 0 aromatic rings. The van der Waals surface area contributed by atoms with E-state index in [-0.39, 0.29) is 28.0 Å². The summed E-state index contributed by atoms with van der Waals surface area (Å²) in [5, 5.41) is 8.57. The predicted octanol–water partition coefficient (Wildman–Crippen LogP) is 0.106. The van der Waals surface area contributed by atoms with Gasteiger partial charge in [0.2, 0.25) is 0 Å². The van der Waals surface area contributed by atoms with Crippen molar-refractivity contribution >= 4 is 38.8 Å². The molecule has 10 nitrogen and oxygen atoms in total. The van der Waals surface area contributed by atoms with Gasteiger partial charge in [-0.05, 0) is 0 Å². The zero-order valence-corrected chi connectivity index (χ0v) is 17.8. The molecule has 0 bridgehead atoms. The summed E-state index contributed by atoms with van der Waals surface area (Å²) in [6.07, 6.45) is -3.98. The number of rotatable bonds is 8. The van der Waals surface area contributed by atoms with E-state index in [1.165, 1.54) is 20.8 Å². The van der Waals surface area contributed by atoms with Crippen LogP contribution in [-0.2, 0) is 42.9 Å². The average Bonchev–Trinajstić information content (AvgIpc) is 2.57. The molecule has 1 heterocycles. The molecule has 0 aromatic heterocycles. The van der Waals surface area contributed by atoms with Gasteiger partial charge < -0.3 is 0 Å². The fraction of sp³-hybridized carbons (Fsp3) is 0.706. The Morgan fingerprint density at radius 1 is 0.893 bits per heavy atom. The molecule has 1 saturated heterocycles. The summed E-state index contributed by atoms with van der Waals surface area (Å²) in [5.41, 5.74) is 0. The average molecular weight is 464 g/mol. The maximum absolute atomic E-state index is 11.6. The Morgan fingerprint density at radius 3 is 1.93 bits per heavy atom. The number of carbonyl (C=O) groups excluding carboxylic acids is 4. The monoisotopic (exact) mass is 465 g/mol. The zero-order valence-electron chi connectivity index (χ0n) is 16.0. The number of ether oxygens (including phenoxy) is 5. The molecule has 0 radical (unpaired) electrons. The number of nitriles is 1. The quantitative estimate of drug-likeness (QED) is 0.210. The van der Waals surface area contributed by atoms with E-state index in [2.05, 4.69) is 0 Å². The standard InChI is InChI=1S/C17H23NO9Se/c1-9(19)23-8-13-14(24-10(2)20)15(25-11(3)21)16(26-12(4)22)17(27-13)28-7-5-6-18/h13-17H,5,7-8H2,1-4H3/t13-,14-,15+,16-,17+/m1/s1. The van der Waals surface area contributed by atoms with Crippen molar-refractivity contribution in [2.45, 2.75) is 68.9 Å². The van der Waals surface area contributed by atoms with Crippen LogP contribution < -0.4 is 0 Å². The van der Waals surface area contributed by atoms with Gasteiger partial charge >= 0.3 is 168 Å². The molecule has 0 unspecified atom stereocenters. The number of hydrogen-bond donors (Lipinski definition) is 0. The van der Waals surface area contributed by atoms with Crippen LogP contribution in [0.15, 0.2) is 0 Å². The first-order chi connectivity index (χ1) is 13.1. The van der Waals surface area contributed by atoms with E-state index in [1.54, 1.807) is 0 Å². The van der Waals surface area contributed by atoms with Gasteiger partial charge in [0.15, 0.2) is 0 Å². The van der Waals surface area contributed by atoms with Gasteiger partial charge in [-0.25, -0.2) is 0 Å². The van der Waals surface area contributed by atoms with E-state index in [9.17, 15) is 19.2 Å². The SMILES string of the molecule is CC(=O)OC[C@H]1O[C@@H]([Se]CCC#N)[C@H](OC(C)=O)[C@@H](OC(C)=O)[C@@H]1OC(C)=O. The summed E-state index contributed by atoms with van der Waals surface area (Å²) >= 11 is -0.329. The molecular weight excluding hydrogens is 441 g/mol. The van der Waals surface area contributed by atoms with Crippen molar-refractivity contribution in [1.29, 1.82) is 5.26 Å². The van der Waals surface area contributed by atoms with Crippen molar-refractivity contribution in [2.75, 3.05) is 6.61 Å². The summed E-state index contributed by atoms with van der Waals surface area (Å²) in [7, 11) is 0. The van der Waals surface area contributed by atoms with E-state index in [1.807, 2.05) is 6.07 Å². The fourth-order valence-electron chi connectivity index (χ4n) is 2.54. The first-order valence-corrected chi connectivity index (χ1v) is 10.6. The fourth-order valence-corrected chi connectivity index (χ4v) is 4.77. The van der Waals surface area contributed by atoms with Crippen LogP contribution in [-0.4, -0.2) is 74.9 Å². The molecule has 0 aromatic carbocycles. The molecule has 1 aliphatic rings. The van der Waals surface area contributed by atoms with Crippen molar-refractivity contribution in [3.63, 3.8) is 0 Å². The summed E-state index contributed by atoms with van der Waals surface area (Å²) in [6.45, 7) is 4.49. The molecule has 5 atom stereocenters. The van der Waals surface area contributed by atoms with E-state index < -0.39 is 53.3 Å². The Hall–Kier alpha value is -2.15. The second kappa shape index (κ2) is 11.6. The summed E-state index contributed by atoms with van der Waals surface area (Å²) in [6, 6.07) is 2.02. The number of carbonyl (C=O) groups is 4. The Kier molecular flexibility index (Phi) is 9.93. The van der Waals surface area contributed by atoms with Crippen LogP contribution >= 0.6 is 0 Å². The first-order valence-electron chi connectivity index (χ1n) is 8.44. The molecule has 1 rings (SSSR count). The van der Waals surface area contributed by atoms with Gasteiger partial charge in [-0.2, -0.15) is 0 Å². The van der Waals surface area contributed by atoms with Crippen molar-refractivity contribution in [3.8, 4) is 6.07 Å². The van der Waals surface area contributed by atoms with E-state index in [0.29, 0.717) is 5.32 Å². The topological polar surface area (TPSA) is 138 Å². The van der Waals surface area contributed by atoms with Crippen molar-refractivity contribution in [3.05, 3.63) is 0 Å². The third-order valence-electron chi connectivity index (χ3n) is 3.44. The van der Waals surface area contributed by atoms with Crippen LogP contribution in [0.5, 0.6) is 0 Å². The van der Waals surface area contributed by atoms with E-state index >= 15 is 0 Å². The van der Waals surface area contributed by atoms with Crippen molar-refractivity contribution < 1.29 is 42.9 Å². The van der Waals surface area contributed by atoms with Gasteiger partial charge in [0.05, 0.1) is 0 Å². The minimum absolute atomic E-state index is 0.247. The number of nitrogens with zero attached hydrogens (tertiary/aromatic N) is 1. The third-order valence-corrected chi connectivity index (χ3v) is 5.85. The molecule has 0 N–H and O–H groups in total. The zero-order chi connectivity index (χ0) is 21.3. The Bertz CT molecular complexity index is 633. The molecule has 0 saturated carbocycles. The molecule has 1 fully saturated rings. The molecule has 11 heteroatoms. The Labute approximate surface area is 168 Å². The summed E-state index contributed by atoms with van der Waals surface area (Å²) in [5.74, 6) is -2.54. The first kappa shape index (κ1) is 23.9. The second-order valence-electron chi connectivity index (χ2n) is 5.85. The Balaban J connectivity index is 3.23. The number of hydrogen-bond acceptors (Lipinski definition) is 10. The summed E-state index contributed by atoms with van der Waals surface area (Å²) in [4.78, 5) is 46.0. The van der Waals surface area contributed by atoms with Crippen LogP contribution in [0.1, 0.15) is 34.1 Å². The van der Waals surface area contributed by atoms with Gasteiger partial charge in [0.25, 0.3) is 0 Å². The van der Waals surface area contributed by atoms with Gasteiger partial charge in [-0.3, -0.25) is 0 Å². The molecule has 0 amide bonds. The van der Waals surface area contributed by atoms with Crippen LogP contribution in [0.25, 0.3) is 0 Å². The van der Waals surface area contributed by atoms with Crippen LogP contribution in [0.4, 0.5) is 0 Å².